The van der Waals surface area contributed by atoms with Gasteiger partial charge in [-0.15, -0.1) is 0 Å². The Bertz CT molecular complexity index is 401. The van der Waals surface area contributed by atoms with Crippen LogP contribution >= 0.6 is 0 Å². The van der Waals surface area contributed by atoms with Crippen molar-refractivity contribution in [1.82, 2.24) is 9.55 Å². The van der Waals surface area contributed by atoms with Gasteiger partial charge in [0.1, 0.15) is 5.65 Å². The quantitative estimate of drug-likeness (QED) is 0.623. The first kappa shape index (κ1) is 7.35. The first-order valence-electron chi connectivity index (χ1n) is 4.14. The lowest BCUT2D eigenvalue weighted by molar-refractivity contribution is 0.785. The Morgan fingerprint density at radius 1 is 1.58 bits per heavy atom. The first-order chi connectivity index (χ1) is 5.83. The first-order valence-corrected chi connectivity index (χ1v) is 4.14. The highest BCUT2D eigenvalue weighted by atomic mass is 15.0. The summed E-state index contributed by atoms with van der Waals surface area (Å²) < 4.78 is 2.15. The van der Waals surface area contributed by atoms with Crippen LogP contribution in [0.5, 0.6) is 0 Å². The van der Waals surface area contributed by atoms with Crippen molar-refractivity contribution in [3.8, 4) is 0 Å². The molecule has 0 bridgehead atoms. The number of rotatable bonds is 1. The van der Waals surface area contributed by atoms with Crippen molar-refractivity contribution < 1.29 is 0 Å². The standard InChI is InChI=1S/C10H11N2/c1-3-12-7-8(2)9-5-4-6-11-10(9)12/h5-7H,3H2,1-2H3. The molecule has 12 heavy (non-hydrogen) atoms. The number of hydrogen-bond donors (Lipinski definition) is 0. The van der Waals surface area contributed by atoms with E-state index in [2.05, 4.69) is 35.7 Å². The van der Waals surface area contributed by atoms with E-state index in [0.717, 1.165) is 12.2 Å². The molecule has 0 saturated heterocycles. The monoisotopic (exact) mass is 159 g/mol. The van der Waals surface area contributed by atoms with Crippen LogP contribution in [-0.2, 0) is 6.54 Å². The van der Waals surface area contributed by atoms with Gasteiger partial charge in [-0.1, -0.05) is 0 Å². The lowest BCUT2D eigenvalue weighted by Crippen LogP contribution is -1.91. The van der Waals surface area contributed by atoms with Gasteiger partial charge < -0.3 is 4.57 Å². The van der Waals surface area contributed by atoms with Gasteiger partial charge in [-0.2, -0.15) is 0 Å². The zero-order valence-electron chi connectivity index (χ0n) is 7.33. The largest absolute Gasteiger partial charge is 0.333 e. The molecule has 2 rings (SSSR count). The van der Waals surface area contributed by atoms with E-state index < -0.39 is 0 Å². The molecular formula is C10H11N2. The van der Waals surface area contributed by atoms with Crippen LogP contribution in [0.25, 0.3) is 11.0 Å². The SMILES string of the molecule is CCn1cc(C)c2c[c]cnc21. The van der Waals surface area contributed by atoms with Crippen LogP contribution < -0.4 is 0 Å². The summed E-state index contributed by atoms with van der Waals surface area (Å²) in [7, 11) is 0. The predicted molar refractivity (Wildman–Crippen MR) is 49.0 cm³/mol. The van der Waals surface area contributed by atoms with E-state index >= 15 is 0 Å². The fraction of sp³-hybridized carbons (Fsp3) is 0.300. The Labute approximate surface area is 71.8 Å². The van der Waals surface area contributed by atoms with Gasteiger partial charge in [-0.3, -0.25) is 0 Å². The van der Waals surface area contributed by atoms with E-state index in [1.54, 1.807) is 6.20 Å². The van der Waals surface area contributed by atoms with Gasteiger partial charge in [-0.05, 0) is 25.5 Å². The minimum Gasteiger partial charge on any atom is -0.333 e. The molecule has 2 nitrogen and oxygen atoms in total. The van der Waals surface area contributed by atoms with Crippen molar-refractivity contribution in [2.45, 2.75) is 20.4 Å². The number of fused-ring (bicyclic) bond motifs is 1. The zero-order valence-corrected chi connectivity index (χ0v) is 7.33. The van der Waals surface area contributed by atoms with Gasteiger partial charge in [0, 0.05) is 30.4 Å². The van der Waals surface area contributed by atoms with Crippen LogP contribution in [0.1, 0.15) is 12.5 Å². The van der Waals surface area contributed by atoms with Crippen molar-refractivity contribution in [3.05, 3.63) is 30.1 Å². The average Bonchev–Trinajstić information content (AvgIpc) is 2.44. The highest BCUT2D eigenvalue weighted by Gasteiger charge is 2.02. The fourth-order valence-electron chi connectivity index (χ4n) is 1.48. The summed E-state index contributed by atoms with van der Waals surface area (Å²) in [6.07, 6.45) is 3.85. The zero-order chi connectivity index (χ0) is 8.55. The van der Waals surface area contributed by atoms with Crippen molar-refractivity contribution in [2.24, 2.45) is 0 Å². The van der Waals surface area contributed by atoms with Gasteiger partial charge in [0.25, 0.3) is 0 Å². The molecule has 0 amide bonds. The Kier molecular flexibility index (Phi) is 1.61. The molecule has 0 N–H and O–H groups in total. The molecule has 0 saturated carbocycles. The van der Waals surface area contributed by atoms with E-state index in [0.29, 0.717) is 0 Å². The minimum absolute atomic E-state index is 0.974. The molecule has 0 aromatic carbocycles. The van der Waals surface area contributed by atoms with E-state index in [1.807, 2.05) is 6.07 Å². The molecule has 1 radical (unpaired) electrons. The van der Waals surface area contributed by atoms with Crippen LogP contribution in [-0.4, -0.2) is 9.55 Å². The molecule has 0 atom stereocenters. The molecule has 0 spiro atoms. The van der Waals surface area contributed by atoms with E-state index in [-0.39, 0.29) is 0 Å². The van der Waals surface area contributed by atoms with Gasteiger partial charge in [0.15, 0.2) is 0 Å². The number of nitrogens with zero attached hydrogens (tertiary/aromatic N) is 2. The smallest absolute Gasteiger partial charge is 0.140 e. The number of pyridine rings is 1. The molecule has 0 unspecified atom stereocenters. The Balaban J connectivity index is 2.82. The third kappa shape index (κ3) is 0.916. The Morgan fingerprint density at radius 2 is 2.42 bits per heavy atom. The number of aromatic nitrogens is 2. The normalized spacial score (nSPS) is 10.8. The summed E-state index contributed by atoms with van der Waals surface area (Å²) in [4.78, 5) is 4.28. The lowest BCUT2D eigenvalue weighted by atomic mass is 10.2. The van der Waals surface area contributed by atoms with Gasteiger partial charge in [-0.25, -0.2) is 4.98 Å². The summed E-state index contributed by atoms with van der Waals surface area (Å²) in [5.41, 5.74) is 2.34. The molecule has 0 aliphatic carbocycles. The second kappa shape index (κ2) is 2.63. The van der Waals surface area contributed by atoms with E-state index in [4.69, 9.17) is 0 Å². The third-order valence-corrected chi connectivity index (χ3v) is 2.12. The van der Waals surface area contributed by atoms with Gasteiger partial charge >= 0.3 is 0 Å². The van der Waals surface area contributed by atoms with Crippen LogP contribution in [0, 0.1) is 13.0 Å². The van der Waals surface area contributed by atoms with E-state index in [9.17, 15) is 0 Å². The molecule has 2 aromatic rings. The van der Waals surface area contributed by atoms with Crippen molar-refractivity contribution >= 4 is 11.0 Å². The molecule has 2 heterocycles. The maximum Gasteiger partial charge on any atom is 0.140 e. The summed E-state index contributed by atoms with van der Waals surface area (Å²) in [5.74, 6) is 0. The molecule has 61 valence electrons. The van der Waals surface area contributed by atoms with Gasteiger partial charge in [0.05, 0.1) is 0 Å². The second-order valence-electron chi connectivity index (χ2n) is 2.90. The van der Waals surface area contributed by atoms with Crippen LogP contribution in [0.2, 0.25) is 0 Å². The minimum atomic E-state index is 0.974. The van der Waals surface area contributed by atoms with Gasteiger partial charge in [0.2, 0.25) is 0 Å². The highest BCUT2D eigenvalue weighted by molar-refractivity contribution is 5.79. The molecule has 0 fully saturated rings. The highest BCUT2D eigenvalue weighted by Crippen LogP contribution is 2.17. The summed E-state index contributed by atoms with van der Waals surface area (Å²) in [5, 5.41) is 1.21. The average molecular weight is 159 g/mol. The number of aryl methyl sites for hydroxylation is 2. The summed E-state index contributed by atoms with van der Waals surface area (Å²) >= 11 is 0. The molecule has 0 aliphatic heterocycles. The summed E-state index contributed by atoms with van der Waals surface area (Å²) in [6.45, 7) is 5.20. The maximum atomic E-state index is 4.28. The summed E-state index contributed by atoms with van der Waals surface area (Å²) in [6, 6.07) is 4.98. The number of hydrogen-bond acceptors (Lipinski definition) is 1. The topological polar surface area (TPSA) is 17.8 Å². The van der Waals surface area contributed by atoms with Crippen LogP contribution in [0.15, 0.2) is 18.5 Å². The molecule has 2 aromatic heterocycles. The lowest BCUT2D eigenvalue weighted by Gasteiger charge is -1.96. The van der Waals surface area contributed by atoms with Crippen LogP contribution in [0.4, 0.5) is 0 Å². The van der Waals surface area contributed by atoms with Crippen LogP contribution in [0.3, 0.4) is 0 Å². The van der Waals surface area contributed by atoms with Crippen molar-refractivity contribution in [3.63, 3.8) is 0 Å². The Hall–Kier alpha value is -1.31. The van der Waals surface area contributed by atoms with Crippen molar-refractivity contribution in [1.29, 1.82) is 0 Å². The predicted octanol–water partition coefficient (Wildman–Crippen LogP) is 2.16. The molecule has 0 aliphatic rings. The Morgan fingerprint density at radius 3 is 3.17 bits per heavy atom. The molecule has 2 heteroatoms. The fourth-order valence-corrected chi connectivity index (χ4v) is 1.48. The third-order valence-electron chi connectivity index (χ3n) is 2.12. The molecular weight excluding hydrogens is 148 g/mol. The maximum absolute atomic E-state index is 4.28. The second-order valence-corrected chi connectivity index (χ2v) is 2.90. The van der Waals surface area contributed by atoms with E-state index in [1.165, 1.54) is 10.9 Å². The van der Waals surface area contributed by atoms with Crippen molar-refractivity contribution in [2.75, 3.05) is 0 Å².